The summed E-state index contributed by atoms with van der Waals surface area (Å²) >= 11 is 1.68. The number of hydrogen-bond donors (Lipinski definition) is 1. The van der Waals surface area contributed by atoms with E-state index in [2.05, 4.69) is 24.5 Å². The molecule has 0 aromatic carbocycles. The van der Waals surface area contributed by atoms with E-state index in [1.54, 1.807) is 17.4 Å². The van der Waals surface area contributed by atoms with Crippen molar-refractivity contribution in [1.29, 1.82) is 0 Å². The van der Waals surface area contributed by atoms with E-state index < -0.39 is 0 Å². The summed E-state index contributed by atoms with van der Waals surface area (Å²) in [6, 6.07) is 4.26. The largest absolute Gasteiger partial charge is 0.333 e. The normalized spacial score (nSPS) is 23.0. The van der Waals surface area contributed by atoms with Crippen molar-refractivity contribution in [2.75, 3.05) is 26.2 Å². The number of nitrogens with zero attached hydrogens (tertiary/aromatic N) is 2. The summed E-state index contributed by atoms with van der Waals surface area (Å²) in [7, 11) is 0. The molecule has 116 valence electrons. The SMILES string of the molecule is C=CCN(Cc1cccs1)C(=O)CN1CC(C)CC(N)C1. The first kappa shape index (κ1) is 16.2. The molecule has 2 unspecified atom stereocenters. The molecule has 5 heteroatoms. The van der Waals surface area contributed by atoms with Gasteiger partial charge in [0.1, 0.15) is 0 Å². The first-order valence-corrected chi connectivity index (χ1v) is 8.35. The van der Waals surface area contributed by atoms with Gasteiger partial charge in [0.25, 0.3) is 0 Å². The highest BCUT2D eigenvalue weighted by Gasteiger charge is 2.25. The molecule has 0 radical (unpaired) electrons. The van der Waals surface area contributed by atoms with Crippen molar-refractivity contribution >= 4 is 17.2 Å². The number of piperidine rings is 1. The number of likely N-dealkylation sites (tertiary alicyclic amines) is 1. The molecule has 0 aliphatic carbocycles. The van der Waals surface area contributed by atoms with E-state index in [0.717, 1.165) is 19.5 Å². The smallest absolute Gasteiger partial charge is 0.237 e. The van der Waals surface area contributed by atoms with E-state index in [4.69, 9.17) is 5.73 Å². The number of carbonyl (C=O) groups is 1. The van der Waals surface area contributed by atoms with Gasteiger partial charge in [0.2, 0.25) is 5.91 Å². The second-order valence-corrected chi connectivity index (χ2v) is 6.97. The molecule has 1 aliphatic heterocycles. The van der Waals surface area contributed by atoms with Crippen LogP contribution in [0, 0.1) is 5.92 Å². The lowest BCUT2D eigenvalue weighted by Crippen LogP contribution is -2.50. The lowest BCUT2D eigenvalue weighted by Gasteiger charge is -2.35. The Balaban J connectivity index is 1.93. The first-order chi connectivity index (χ1) is 10.1. The third-order valence-corrected chi connectivity index (χ3v) is 4.62. The van der Waals surface area contributed by atoms with Crippen LogP contribution >= 0.6 is 11.3 Å². The molecule has 1 saturated heterocycles. The molecule has 4 nitrogen and oxygen atoms in total. The zero-order chi connectivity index (χ0) is 15.2. The van der Waals surface area contributed by atoms with E-state index in [1.807, 2.05) is 16.3 Å². The van der Waals surface area contributed by atoms with Gasteiger partial charge in [-0.2, -0.15) is 0 Å². The molecule has 21 heavy (non-hydrogen) atoms. The van der Waals surface area contributed by atoms with Gasteiger partial charge in [0.05, 0.1) is 13.1 Å². The third kappa shape index (κ3) is 4.95. The standard InChI is InChI=1S/C16H25N3OS/c1-3-6-19(11-15-5-4-7-21-15)16(20)12-18-9-13(2)8-14(17)10-18/h3-5,7,13-14H,1,6,8-12,17H2,2H3. The summed E-state index contributed by atoms with van der Waals surface area (Å²) in [4.78, 5) is 17.8. The van der Waals surface area contributed by atoms with Gasteiger partial charge >= 0.3 is 0 Å². The van der Waals surface area contributed by atoms with Gasteiger partial charge in [-0.15, -0.1) is 17.9 Å². The highest BCUT2D eigenvalue weighted by molar-refractivity contribution is 7.09. The van der Waals surface area contributed by atoms with Gasteiger partial charge in [-0.05, 0) is 23.8 Å². The monoisotopic (exact) mass is 307 g/mol. The predicted octanol–water partition coefficient (Wildman–Crippen LogP) is 1.93. The van der Waals surface area contributed by atoms with E-state index in [0.29, 0.717) is 25.6 Å². The summed E-state index contributed by atoms with van der Waals surface area (Å²) < 4.78 is 0. The second-order valence-electron chi connectivity index (χ2n) is 5.94. The molecular weight excluding hydrogens is 282 g/mol. The van der Waals surface area contributed by atoms with Crippen LogP contribution in [0.5, 0.6) is 0 Å². The van der Waals surface area contributed by atoms with Crippen LogP contribution in [-0.4, -0.2) is 47.9 Å². The number of hydrogen-bond acceptors (Lipinski definition) is 4. The summed E-state index contributed by atoms with van der Waals surface area (Å²) in [6.07, 6.45) is 2.84. The molecule has 1 aromatic rings. The Labute approximate surface area is 131 Å². The topological polar surface area (TPSA) is 49.6 Å². The van der Waals surface area contributed by atoms with Crippen LogP contribution in [-0.2, 0) is 11.3 Å². The maximum Gasteiger partial charge on any atom is 0.237 e. The Morgan fingerprint density at radius 3 is 3.05 bits per heavy atom. The highest BCUT2D eigenvalue weighted by Crippen LogP contribution is 2.16. The molecule has 0 saturated carbocycles. The van der Waals surface area contributed by atoms with Gasteiger partial charge in [-0.25, -0.2) is 0 Å². The van der Waals surface area contributed by atoms with E-state index in [9.17, 15) is 4.79 Å². The molecule has 0 bridgehead atoms. The van der Waals surface area contributed by atoms with Crippen molar-refractivity contribution in [2.45, 2.75) is 25.9 Å². The summed E-state index contributed by atoms with van der Waals surface area (Å²) in [5.41, 5.74) is 6.05. The third-order valence-electron chi connectivity index (χ3n) is 3.76. The zero-order valence-electron chi connectivity index (χ0n) is 12.7. The molecule has 2 atom stereocenters. The molecule has 2 heterocycles. The van der Waals surface area contributed by atoms with Gasteiger partial charge in [0, 0.05) is 30.6 Å². The number of carbonyl (C=O) groups excluding carboxylic acids is 1. The molecule has 2 rings (SSSR count). The summed E-state index contributed by atoms with van der Waals surface area (Å²) in [6.45, 7) is 9.44. The predicted molar refractivity (Wildman–Crippen MR) is 88.1 cm³/mol. The fourth-order valence-electron chi connectivity index (χ4n) is 2.93. The van der Waals surface area contributed by atoms with Crippen LogP contribution in [0.15, 0.2) is 30.2 Å². The minimum atomic E-state index is 0.157. The van der Waals surface area contributed by atoms with Crippen molar-refractivity contribution in [2.24, 2.45) is 11.7 Å². The van der Waals surface area contributed by atoms with Crippen LogP contribution in [0.3, 0.4) is 0 Å². The van der Waals surface area contributed by atoms with Gasteiger partial charge in [-0.3, -0.25) is 9.69 Å². The quantitative estimate of drug-likeness (QED) is 0.817. The van der Waals surface area contributed by atoms with E-state index in [1.165, 1.54) is 4.88 Å². The molecule has 1 aromatic heterocycles. The fourth-order valence-corrected chi connectivity index (χ4v) is 3.65. The van der Waals surface area contributed by atoms with Crippen LogP contribution in [0.2, 0.25) is 0 Å². The van der Waals surface area contributed by atoms with E-state index >= 15 is 0 Å². The second kappa shape index (κ2) is 7.73. The van der Waals surface area contributed by atoms with E-state index in [-0.39, 0.29) is 11.9 Å². The number of rotatable bonds is 6. The molecule has 2 N–H and O–H groups in total. The van der Waals surface area contributed by atoms with Crippen LogP contribution in [0.25, 0.3) is 0 Å². The Kier molecular flexibility index (Phi) is 5.96. The minimum absolute atomic E-state index is 0.157. The number of thiophene rings is 1. The Morgan fingerprint density at radius 1 is 1.62 bits per heavy atom. The average Bonchev–Trinajstić information content (AvgIpc) is 2.89. The summed E-state index contributed by atoms with van der Waals surface area (Å²) in [5, 5.41) is 2.04. The number of nitrogens with two attached hydrogens (primary N) is 1. The molecule has 0 spiro atoms. The van der Waals surface area contributed by atoms with Crippen molar-refractivity contribution in [3.8, 4) is 0 Å². The van der Waals surface area contributed by atoms with Gasteiger partial charge in [0.15, 0.2) is 0 Å². The molecule has 1 fully saturated rings. The van der Waals surface area contributed by atoms with Crippen molar-refractivity contribution in [3.63, 3.8) is 0 Å². The van der Waals surface area contributed by atoms with Gasteiger partial charge < -0.3 is 10.6 Å². The lowest BCUT2D eigenvalue weighted by atomic mass is 9.96. The molecular formula is C16H25N3OS. The van der Waals surface area contributed by atoms with Gasteiger partial charge in [-0.1, -0.05) is 19.1 Å². The Morgan fingerprint density at radius 2 is 2.43 bits per heavy atom. The van der Waals surface area contributed by atoms with Crippen LogP contribution in [0.4, 0.5) is 0 Å². The fraction of sp³-hybridized carbons (Fsp3) is 0.562. The highest BCUT2D eigenvalue weighted by atomic mass is 32.1. The first-order valence-electron chi connectivity index (χ1n) is 7.47. The maximum absolute atomic E-state index is 12.5. The molecule has 1 amide bonds. The molecule has 1 aliphatic rings. The average molecular weight is 307 g/mol. The zero-order valence-corrected chi connectivity index (χ0v) is 13.5. The maximum atomic E-state index is 12.5. The summed E-state index contributed by atoms with van der Waals surface area (Å²) in [5.74, 6) is 0.719. The van der Waals surface area contributed by atoms with Crippen LogP contribution in [0.1, 0.15) is 18.2 Å². The Bertz CT molecular complexity index is 450. The lowest BCUT2D eigenvalue weighted by molar-refractivity contribution is -0.132. The van der Waals surface area contributed by atoms with Crippen molar-refractivity contribution < 1.29 is 4.79 Å². The number of amides is 1. The van der Waals surface area contributed by atoms with Crippen molar-refractivity contribution in [3.05, 3.63) is 35.0 Å². The minimum Gasteiger partial charge on any atom is -0.333 e. The van der Waals surface area contributed by atoms with Crippen molar-refractivity contribution in [1.82, 2.24) is 9.80 Å². The Hall–Kier alpha value is -1.17. The van der Waals surface area contributed by atoms with Crippen LogP contribution < -0.4 is 5.73 Å².